The van der Waals surface area contributed by atoms with Crippen molar-refractivity contribution in [3.8, 4) is 11.1 Å². The fourth-order valence-corrected chi connectivity index (χ4v) is 5.12. The topological polar surface area (TPSA) is 49.9 Å². The summed E-state index contributed by atoms with van der Waals surface area (Å²) in [6.45, 7) is 2.60. The number of hydrogen-bond donors (Lipinski definition) is 0. The quantitative estimate of drug-likeness (QED) is 0.239. The molecular weight excluding hydrogens is 472 g/mol. The third kappa shape index (κ3) is 6.52. The standard InChI is InChI=1S/C33H38N2O3/c1-33(21-6-5-7-22-33)32(37)35(30-10-8-9-25(23-30)13-20-31(36)38-4)24-26-11-14-27(15-12-26)28-16-18-29(19-17-28)34(2)3/h8-20,23H,5-7,21-22,24H2,1-4H3/b20-13+. The fourth-order valence-electron chi connectivity index (χ4n) is 5.12. The largest absolute Gasteiger partial charge is 0.466 e. The summed E-state index contributed by atoms with van der Waals surface area (Å²) in [4.78, 5) is 29.7. The average molecular weight is 511 g/mol. The maximum atomic E-state index is 14.1. The third-order valence-electron chi connectivity index (χ3n) is 7.53. The van der Waals surface area contributed by atoms with Crippen LogP contribution in [-0.2, 0) is 20.9 Å². The van der Waals surface area contributed by atoms with Crippen LogP contribution in [0, 0.1) is 5.41 Å². The van der Waals surface area contributed by atoms with E-state index in [-0.39, 0.29) is 11.3 Å². The molecule has 1 fully saturated rings. The molecule has 0 bridgehead atoms. The predicted octanol–water partition coefficient (Wildman–Crippen LogP) is 7.11. The maximum Gasteiger partial charge on any atom is 0.330 e. The van der Waals surface area contributed by atoms with Crippen molar-refractivity contribution in [3.05, 3.63) is 90.0 Å². The highest BCUT2D eigenvalue weighted by Gasteiger charge is 2.38. The SMILES string of the molecule is COC(=O)/C=C/c1cccc(N(Cc2ccc(-c3ccc(N(C)C)cc3)cc2)C(=O)C2(C)CCCCC2)c1. The Morgan fingerprint density at radius 1 is 0.868 bits per heavy atom. The van der Waals surface area contributed by atoms with E-state index in [0.29, 0.717) is 6.54 Å². The molecule has 0 heterocycles. The van der Waals surface area contributed by atoms with Crippen LogP contribution in [0.1, 0.15) is 50.2 Å². The number of amides is 1. The highest BCUT2D eigenvalue weighted by molar-refractivity contribution is 5.98. The lowest BCUT2D eigenvalue weighted by atomic mass is 9.74. The summed E-state index contributed by atoms with van der Waals surface area (Å²) in [5, 5.41) is 0. The first-order valence-corrected chi connectivity index (χ1v) is 13.3. The molecule has 0 aliphatic heterocycles. The van der Waals surface area contributed by atoms with Crippen molar-refractivity contribution in [3.63, 3.8) is 0 Å². The summed E-state index contributed by atoms with van der Waals surface area (Å²) in [5.74, 6) is -0.246. The van der Waals surface area contributed by atoms with Gasteiger partial charge in [0.05, 0.1) is 13.7 Å². The number of methoxy groups -OCH3 is 1. The predicted molar refractivity (Wildman–Crippen MR) is 156 cm³/mol. The number of ether oxygens (including phenoxy) is 1. The minimum absolute atomic E-state index is 0.162. The Morgan fingerprint density at radius 3 is 2.11 bits per heavy atom. The van der Waals surface area contributed by atoms with E-state index in [0.717, 1.165) is 53.6 Å². The second kappa shape index (κ2) is 12.1. The zero-order valence-corrected chi connectivity index (χ0v) is 22.9. The second-order valence-electron chi connectivity index (χ2n) is 10.6. The van der Waals surface area contributed by atoms with Crippen molar-refractivity contribution in [2.45, 2.75) is 45.6 Å². The number of benzene rings is 3. The Labute approximate surface area is 226 Å². The lowest BCUT2D eigenvalue weighted by molar-refractivity contribution is -0.134. The molecule has 1 amide bonds. The van der Waals surface area contributed by atoms with Gasteiger partial charge < -0.3 is 14.5 Å². The summed E-state index contributed by atoms with van der Waals surface area (Å²) < 4.78 is 4.72. The number of carbonyl (C=O) groups is 2. The molecule has 3 aromatic carbocycles. The Morgan fingerprint density at radius 2 is 1.50 bits per heavy atom. The highest BCUT2D eigenvalue weighted by atomic mass is 16.5. The fraction of sp³-hybridized carbons (Fsp3) is 0.333. The van der Waals surface area contributed by atoms with Gasteiger partial charge in [0, 0.05) is 37.0 Å². The van der Waals surface area contributed by atoms with Gasteiger partial charge in [0.15, 0.2) is 0 Å². The molecule has 1 aliphatic rings. The first kappa shape index (κ1) is 27.2. The van der Waals surface area contributed by atoms with Crippen LogP contribution in [0.4, 0.5) is 11.4 Å². The molecule has 3 aromatic rings. The molecule has 1 saturated carbocycles. The van der Waals surface area contributed by atoms with Crippen molar-refractivity contribution in [1.82, 2.24) is 0 Å². The van der Waals surface area contributed by atoms with Gasteiger partial charge in [0.2, 0.25) is 5.91 Å². The van der Waals surface area contributed by atoms with Crippen LogP contribution in [-0.4, -0.2) is 33.1 Å². The molecule has 0 atom stereocenters. The van der Waals surface area contributed by atoms with E-state index in [1.54, 1.807) is 6.08 Å². The van der Waals surface area contributed by atoms with Crippen LogP contribution in [0.5, 0.6) is 0 Å². The smallest absolute Gasteiger partial charge is 0.330 e. The van der Waals surface area contributed by atoms with Gasteiger partial charge in [0.25, 0.3) is 0 Å². The van der Waals surface area contributed by atoms with Crippen LogP contribution < -0.4 is 9.80 Å². The Balaban J connectivity index is 1.62. The van der Waals surface area contributed by atoms with Crippen molar-refractivity contribution in [2.24, 2.45) is 5.41 Å². The second-order valence-corrected chi connectivity index (χ2v) is 10.6. The third-order valence-corrected chi connectivity index (χ3v) is 7.53. The Hall–Kier alpha value is -3.86. The normalized spacial score (nSPS) is 14.7. The number of esters is 1. The molecule has 0 radical (unpaired) electrons. The number of rotatable bonds is 8. The molecule has 0 unspecified atom stereocenters. The summed E-state index contributed by atoms with van der Waals surface area (Å²) in [6.07, 6.45) is 8.29. The monoisotopic (exact) mass is 510 g/mol. The van der Waals surface area contributed by atoms with Crippen LogP contribution in [0.3, 0.4) is 0 Å². The number of hydrogen-bond acceptors (Lipinski definition) is 4. The summed E-state index contributed by atoms with van der Waals surface area (Å²) in [7, 11) is 5.43. The summed E-state index contributed by atoms with van der Waals surface area (Å²) in [5.41, 5.74) is 5.85. The van der Waals surface area contributed by atoms with Crippen LogP contribution in [0.15, 0.2) is 78.9 Å². The van der Waals surface area contributed by atoms with Gasteiger partial charge >= 0.3 is 5.97 Å². The Bertz CT molecular complexity index is 1270. The van der Waals surface area contributed by atoms with Gasteiger partial charge in [-0.25, -0.2) is 4.79 Å². The molecule has 38 heavy (non-hydrogen) atoms. The van der Waals surface area contributed by atoms with Crippen LogP contribution in [0.25, 0.3) is 17.2 Å². The van der Waals surface area contributed by atoms with Crippen molar-refractivity contribution >= 4 is 29.3 Å². The maximum absolute atomic E-state index is 14.1. The van der Waals surface area contributed by atoms with E-state index in [1.807, 2.05) is 43.3 Å². The van der Waals surface area contributed by atoms with Crippen LogP contribution in [0.2, 0.25) is 0 Å². The summed E-state index contributed by atoms with van der Waals surface area (Å²) >= 11 is 0. The van der Waals surface area contributed by atoms with Gasteiger partial charge in [-0.05, 0) is 65.4 Å². The van der Waals surface area contributed by atoms with Crippen molar-refractivity contribution < 1.29 is 14.3 Å². The summed E-state index contributed by atoms with van der Waals surface area (Å²) in [6, 6.07) is 24.8. The Kier molecular flexibility index (Phi) is 8.67. The van der Waals surface area contributed by atoms with E-state index in [4.69, 9.17) is 4.74 Å². The molecule has 0 spiro atoms. The van der Waals surface area contributed by atoms with Gasteiger partial charge in [0.1, 0.15) is 0 Å². The van der Waals surface area contributed by atoms with Gasteiger partial charge in [-0.2, -0.15) is 0 Å². The minimum Gasteiger partial charge on any atom is -0.466 e. The average Bonchev–Trinajstić information content (AvgIpc) is 2.95. The molecule has 4 rings (SSSR count). The number of nitrogens with zero attached hydrogens (tertiary/aromatic N) is 2. The van der Waals surface area contributed by atoms with E-state index >= 15 is 0 Å². The molecule has 198 valence electrons. The molecule has 5 heteroatoms. The van der Waals surface area contributed by atoms with Gasteiger partial charge in [-0.15, -0.1) is 0 Å². The van der Waals surface area contributed by atoms with E-state index < -0.39 is 5.97 Å². The van der Waals surface area contributed by atoms with E-state index in [1.165, 1.54) is 25.3 Å². The van der Waals surface area contributed by atoms with Gasteiger partial charge in [-0.1, -0.05) is 74.7 Å². The highest BCUT2D eigenvalue weighted by Crippen LogP contribution is 2.39. The molecule has 0 saturated heterocycles. The van der Waals surface area contributed by atoms with E-state index in [9.17, 15) is 9.59 Å². The minimum atomic E-state index is -0.408. The molecule has 1 aliphatic carbocycles. The van der Waals surface area contributed by atoms with Crippen LogP contribution >= 0.6 is 0 Å². The zero-order chi connectivity index (χ0) is 27.1. The number of anilines is 2. The molecular formula is C33H38N2O3. The first-order valence-electron chi connectivity index (χ1n) is 13.3. The van der Waals surface area contributed by atoms with Crippen molar-refractivity contribution in [2.75, 3.05) is 31.0 Å². The molecule has 0 N–H and O–H groups in total. The van der Waals surface area contributed by atoms with Gasteiger partial charge in [-0.3, -0.25) is 4.79 Å². The van der Waals surface area contributed by atoms with Crippen molar-refractivity contribution in [1.29, 1.82) is 0 Å². The zero-order valence-electron chi connectivity index (χ0n) is 22.9. The van der Waals surface area contributed by atoms with E-state index in [2.05, 4.69) is 60.4 Å². The first-order chi connectivity index (χ1) is 18.3. The molecule has 5 nitrogen and oxygen atoms in total. The lowest BCUT2D eigenvalue weighted by Gasteiger charge is -2.37. The molecule has 0 aromatic heterocycles. The number of carbonyl (C=O) groups excluding carboxylic acids is 2. The lowest BCUT2D eigenvalue weighted by Crippen LogP contribution is -2.43.